The molecule has 40 heavy (non-hydrogen) atoms. The minimum Gasteiger partial charge on any atom is -0.456 e. The van der Waals surface area contributed by atoms with Gasteiger partial charge in [-0.3, -0.25) is 0 Å². The van der Waals surface area contributed by atoms with Crippen LogP contribution in [0.3, 0.4) is 0 Å². The molecule has 0 aliphatic carbocycles. The van der Waals surface area contributed by atoms with Gasteiger partial charge in [-0.25, -0.2) is 0 Å². The standard InChI is InChI=1S/C36H38O2S2/c1-3-5-7-31-21-33(27-13-9-25(23-39)10-14-27)37-35(31)29-17-19-30(20-18-29)36-32(8-6-4-2)22-34(38-36)28-15-11-26(24-40)12-16-28/h9-22,39-40H,3-8,23-24H2,1-2H3. The molecule has 2 aromatic heterocycles. The summed E-state index contributed by atoms with van der Waals surface area (Å²) in [5.74, 6) is 5.22. The first-order valence-electron chi connectivity index (χ1n) is 14.4. The van der Waals surface area contributed by atoms with Gasteiger partial charge in [-0.15, -0.1) is 0 Å². The van der Waals surface area contributed by atoms with Gasteiger partial charge in [0.1, 0.15) is 23.0 Å². The Bertz CT molecular complexity index is 1390. The van der Waals surface area contributed by atoms with Gasteiger partial charge >= 0.3 is 0 Å². The Morgan fingerprint density at radius 3 is 1.18 bits per heavy atom. The van der Waals surface area contributed by atoms with Crippen molar-refractivity contribution < 1.29 is 8.83 Å². The predicted octanol–water partition coefficient (Wildman–Crippen LogP) is 11.1. The summed E-state index contributed by atoms with van der Waals surface area (Å²) in [4.78, 5) is 0. The first-order chi connectivity index (χ1) is 19.6. The number of hydrogen-bond donors (Lipinski definition) is 2. The van der Waals surface area contributed by atoms with E-state index in [1.807, 2.05) is 0 Å². The van der Waals surface area contributed by atoms with Crippen LogP contribution < -0.4 is 0 Å². The van der Waals surface area contributed by atoms with Crippen molar-refractivity contribution in [1.82, 2.24) is 0 Å². The molecular formula is C36H38O2S2. The van der Waals surface area contributed by atoms with Crippen molar-refractivity contribution in [3.05, 3.63) is 107 Å². The number of benzene rings is 3. The number of hydrogen-bond acceptors (Lipinski definition) is 4. The number of rotatable bonds is 12. The minimum absolute atomic E-state index is 0.734. The largest absolute Gasteiger partial charge is 0.456 e. The van der Waals surface area contributed by atoms with Crippen molar-refractivity contribution in [3.8, 4) is 45.3 Å². The molecule has 0 saturated carbocycles. The van der Waals surface area contributed by atoms with Crippen LogP contribution in [0.1, 0.15) is 61.8 Å². The highest BCUT2D eigenvalue weighted by atomic mass is 32.1. The van der Waals surface area contributed by atoms with Gasteiger partial charge in [-0.2, -0.15) is 25.3 Å². The Balaban J connectivity index is 1.47. The molecule has 4 heteroatoms. The predicted molar refractivity (Wildman–Crippen MR) is 175 cm³/mol. The van der Waals surface area contributed by atoms with Gasteiger partial charge in [0, 0.05) is 33.8 Å². The summed E-state index contributed by atoms with van der Waals surface area (Å²) < 4.78 is 13.0. The summed E-state index contributed by atoms with van der Waals surface area (Å²) in [6.07, 6.45) is 6.56. The maximum Gasteiger partial charge on any atom is 0.137 e. The monoisotopic (exact) mass is 566 g/mol. The van der Waals surface area contributed by atoms with Crippen LogP contribution >= 0.6 is 25.3 Å². The van der Waals surface area contributed by atoms with Crippen LogP contribution in [0, 0.1) is 0 Å². The van der Waals surface area contributed by atoms with E-state index in [0.717, 1.165) is 95.3 Å². The van der Waals surface area contributed by atoms with E-state index in [1.165, 1.54) is 22.3 Å². The summed E-state index contributed by atoms with van der Waals surface area (Å²) in [6, 6.07) is 30.1. The highest BCUT2D eigenvalue weighted by Gasteiger charge is 2.17. The lowest BCUT2D eigenvalue weighted by molar-refractivity contribution is 0.591. The zero-order valence-electron chi connectivity index (χ0n) is 23.5. The van der Waals surface area contributed by atoms with Crippen LogP contribution in [0.2, 0.25) is 0 Å². The van der Waals surface area contributed by atoms with Gasteiger partial charge in [-0.05, 0) is 60.1 Å². The topological polar surface area (TPSA) is 26.3 Å². The van der Waals surface area contributed by atoms with Gasteiger partial charge in [0.15, 0.2) is 0 Å². The Labute approximate surface area is 249 Å². The molecule has 0 fully saturated rings. The molecule has 5 rings (SSSR count). The van der Waals surface area contributed by atoms with E-state index in [-0.39, 0.29) is 0 Å². The molecule has 0 atom stereocenters. The lowest BCUT2D eigenvalue weighted by Gasteiger charge is -2.06. The van der Waals surface area contributed by atoms with E-state index in [2.05, 4.69) is 124 Å². The summed E-state index contributed by atoms with van der Waals surface area (Å²) in [7, 11) is 0. The number of furan rings is 2. The van der Waals surface area contributed by atoms with Crippen LogP contribution in [0.4, 0.5) is 0 Å². The molecular weight excluding hydrogens is 529 g/mol. The van der Waals surface area contributed by atoms with Gasteiger partial charge < -0.3 is 8.83 Å². The molecule has 0 N–H and O–H groups in total. The van der Waals surface area contributed by atoms with Gasteiger partial charge in [0.2, 0.25) is 0 Å². The third-order valence-electron chi connectivity index (χ3n) is 7.47. The third kappa shape index (κ3) is 6.45. The summed E-state index contributed by atoms with van der Waals surface area (Å²) in [6.45, 7) is 4.46. The fourth-order valence-corrected chi connectivity index (χ4v) is 5.48. The van der Waals surface area contributed by atoms with Crippen molar-refractivity contribution in [2.45, 2.75) is 63.9 Å². The summed E-state index contributed by atoms with van der Waals surface area (Å²) in [5, 5.41) is 0. The van der Waals surface area contributed by atoms with E-state index in [4.69, 9.17) is 8.83 Å². The average molecular weight is 567 g/mol. The van der Waals surface area contributed by atoms with E-state index >= 15 is 0 Å². The molecule has 0 spiro atoms. The summed E-state index contributed by atoms with van der Waals surface area (Å²) in [5.41, 5.74) is 9.31. The molecule has 3 aromatic carbocycles. The lowest BCUT2D eigenvalue weighted by Crippen LogP contribution is -1.87. The second-order valence-electron chi connectivity index (χ2n) is 10.4. The second kappa shape index (κ2) is 13.5. The molecule has 0 amide bonds. The highest BCUT2D eigenvalue weighted by Crippen LogP contribution is 2.37. The maximum absolute atomic E-state index is 6.51. The van der Waals surface area contributed by atoms with Gasteiger partial charge in [0.25, 0.3) is 0 Å². The molecule has 2 heterocycles. The van der Waals surface area contributed by atoms with Crippen LogP contribution in [0.15, 0.2) is 93.8 Å². The van der Waals surface area contributed by atoms with Crippen molar-refractivity contribution in [2.24, 2.45) is 0 Å². The van der Waals surface area contributed by atoms with Crippen LogP contribution in [0.25, 0.3) is 45.3 Å². The zero-order chi connectivity index (χ0) is 27.9. The number of unbranched alkanes of at least 4 members (excludes halogenated alkanes) is 2. The normalized spacial score (nSPS) is 11.3. The molecule has 0 aliphatic rings. The fourth-order valence-electron chi connectivity index (χ4n) is 5.06. The van der Waals surface area contributed by atoms with Crippen molar-refractivity contribution in [2.75, 3.05) is 0 Å². The molecule has 0 bridgehead atoms. The van der Waals surface area contributed by atoms with Crippen LogP contribution in [-0.4, -0.2) is 0 Å². The molecule has 0 unspecified atom stereocenters. The molecule has 0 saturated heterocycles. The Kier molecular flexibility index (Phi) is 9.62. The fraction of sp³-hybridized carbons (Fsp3) is 0.278. The van der Waals surface area contributed by atoms with E-state index in [0.29, 0.717) is 0 Å². The first-order valence-corrected chi connectivity index (χ1v) is 15.7. The smallest absolute Gasteiger partial charge is 0.137 e. The molecule has 206 valence electrons. The van der Waals surface area contributed by atoms with Crippen molar-refractivity contribution >= 4 is 25.3 Å². The first kappa shape index (κ1) is 28.4. The molecule has 0 radical (unpaired) electrons. The van der Waals surface area contributed by atoms with Crippen molar-refractivity contribution in [1.29, 1.82) is 0 Å². The van der Waals surface area contributed by atoms with E-state index in [1.54, 1.807) is 0 Å². The molecule has 5 aromatic rings. The Hall–Kier alpha value is -3.08. The molecule has 0 aliphatic heterocycles. The van der Waals surface area contributed by atoms with E-state index < -0.39 is 0 Å². The van der Waals surface area contributed by atoms with Crippen LogP contribution in [0.5, 0.6) is 0 Å². The molecule has 2 nitrogen and oxygen atoms in total. The number of aryl methyl sites for hydroxylation is 2. The number of thiol groups is 2. The second-order valence-corrected chi connectivity index (χ2v) is 11.1. The highest BCUT2D eigenvalue weighted by molar-refractivity contribution is 7.79. The average Bonchev–Trinajstić information content (AvgIpc) is 3.64. The quantitative estimate of drug-likeness (QED) is 0.147. The lowest BCUT2D eigenvalue weighted by atomic mass is 10.00. The third-order valence-corrected chi connectivity index (χ3v) is 8.20. The van der Waals surface area contributed by atoms with E-state index in [9.17, 15) is 0 Å². The van der Waals surface area contributed by atoms with Gasteiger partial charge in [-0.1, -0.05) is 99.5 Å². The Morgan fingerprint density at radius 1 is 0.500 bits per heavy atom. The zero-order valence-corrected chi connectivity index (χ0v) is 25.2. The minimum atomic E-state index is 0.734. The summed E-state index contributed by atoms with van der Waals surface area (Å²) >= 11 is 8.78. The van der Waals surface area contributed by atoms with Crippen LogP contribution in [-0.2, 0) is 24.3 Å². The SMILES string of the molecule is CCCCc1cc(-c2ccc(CS)cc2)oc1-c1ccc(-c2oc(-c3ccc(CS)cc3)cc2CCCC)cc1. The van der Waals surface area contributed by atoms with Crippen molar-refractivity contribution in [3.63, 3.8) is 0 Å². The maximum atomic E-state index is 6.51. The Morgan fingerprint density at radius 2 is 0.850 bits per heavy atom. The van der Waals surface area contributed by atoms with Gasteiger partial charge in [0.05, 0.1) is 0 Å².